The van der Waals surface area contributed by atoms with Crippen LogP contribution >= 0.6 is 0 Å². The predicted molar refractivity (Wildman–Crippen MR) is 79.2 cm³/mol. The van der Waals surface area contributed by atoms with Gasteiger partial charge in [0.2, 0.25) is 0 Å². The lowest BCUT2D eigenvalue weighted by Gasteiger charge is -2.15. The number of methoxy groups -OCH3 is 1. The molecule has 112 valence electrons. The van der Waals surface area contributed by atoms with Crippen LogP contribution in [-0.2, 0) is 9.53 Å². The quantitative estimate of drug-likeness (QED) is 0.478. The minimum Gasteiger partial charge on any atom is -0.469 e. The average molecular weight is 280 g/mol. The highest BCUT2D eigenvalue weighted by Crippen LogP contribution is 2.24. The number of ether oxygens (including phenoxy) is 1. The first-order chi connectivity index (χ1) is 9.69. The zero-order valence-corrected chi connectivity index (χ0v) is 12.5. The summed E-state index contributed by atoms with van der Waals surface area (Å²) in [7, 11) is 1.40. The molecule has 0 bridgehead atoms. The first kappa shape index (κ1) is 16.7. The van der Waals surface area contributed by atoms with E-state index in [1.54, 1.807) is 12.1 Å². The molecule has 1 aromatic rings. The summed E-state index contributed by atoms with van der Waals surface area (Å²) in [4.78, 5) is 11.8. The van der Waals surface area contributed by atoms with Crippen molar-refractivity contribution in [2.45, 2.75) is 57.8 Å². The Hall–Kier alpha value is -1.38. The second-order valence-corrected chi connectivity index (χ2v) is 5.18. The molecule has 20 heavy (non-hydrogen) atoms. The fraction of sp³-hybridized carbons (Fsp3) is 0.588. The van der Waals surface area contributed by atoms with E-state index >= 15 is 0 Å². The van der Waals surface area contributed by atoms with Crippen molar-refractivity contribution < 1.29 is 13.9 Å². The van der Waals surface area contributed by atoms with Crippen molar-refractivity contribution >= 4 is 5.97 Å². The maximum absolute atomic E-state index is 12.9. The second-order valence-electron chi connectivity index (χ2n) is 5.18. The van der Waals surface area contributed by atoms with Crippen LogP contribution in [0.5, 0.6) is 0 Å². The number of carbonyl (C=O) groups excluding carboxylic acids is 1. The Kier molecular flexibility index (Phi) is 7.93. The third-order valence-electron chi connectivity index (χ3n) is 3.60. The lowest BCUT2D eigenvalue weighted by Crippen LogP contribution is -2.14. The minimum atomic E-state index is -0.281. The van der Waals surface area contributed by atoms with Gasteiger partial charge in [-0.3, -0.25) is 4.79 Å². The zero-order chi connectivity index (χ0) is 14.8. The number of hydrogen-bond acceptors (Lipinski definition) is 2. The number of carbonyl (C=O) groups is 1. The fourth-order valence-electron chi connectivity index (χ4n) is 2.39. The Balaban J connectivity index is 2.49. The van der Waals surface area contributed by atoms with Crippen molar-refractivity contribution in [2.75, 3.05) is 7.11 Å². The van der Waals surface area contributed by atoms with E-state index in [0.29, 0.717) is 0 Å². The van der Waals surface area contributed by atoms with Gasteiger partial charge >= 0.3 is 5.97 Å². The van der Waals surface area contributed by atoms with Crippen molar-refractivity contribution in [1.82, 2.24) is 0 Å². The normalized spacial score (nSPS) is 12.2. The molecule has 0 radical (unpaired) electrons. The first-order valence-electron chi connectivity index (χ1n) is 7.52. The number of hydrogen-bond donors (Lipinski definition) is 0. The molecular weight excluding hydrogens is 255 g/mol. The van der Waals surface area contributed by atoms with E-state index in [0.717, 1.165) is 24.8 Å². The summed E-state index contributed by atoms with van der Waals surface area (Å²) in [6.45, 7) is 2.20. The van der Waals surface area contributed by atoms with Crippen molar-refractivity contribution in [2.24, 2.45) is 0 Å². The van der Waals surface area contributed by atoms with Gasteiger partial charge in [-0.05, 0) is 24.1 Å². The van der Waals surface area contributed by atoms with E-state index < -0.39 is 0 Å². The molecule has 0 amide bonds. The zero-order valence-electron chi connectivity index (χ0n) is 12.5. The highest BCUT2D eigenvalue weighted by Gasteiger charge is 2.20. The SMILES string of the molecule is CCCCCCCCC(C(=O)OC)c1ccc(F)cc1. The lowest BCUT2D eigenvalue weighted by atomic mass is 9.93. The van der Waals surface area contributed by atoms with Crippen LogP contribution in [0.15, 0.2) is 24.3 Å². The summed E-state index contributed by atoms with van der Waals surface area (Å²) in [6.07, 6.45) is 7.89. The van der Waals surface area contributed by atoms with Crippen molar-refractivity contribution in [1.29, 1.82) is 0 Å². The Morgan fingerprint density at radius 1 is 1.10 bits per heavy atom. The van der Waals surface area contributed by atoms with E-state index in [-0.39, 0.29) is 17.7 Å². The second kappa shape index (κ2) is 9.51. The van der Waals surface area contributed by atoms with Gasteiger partial charge in [-0.1, -0.05) is 57.6 Å². The van der Waals surface area contributed by atoms with Gasteiger partial charge in [-0.15, -0.1) is 0 Å². The summed E-state index contributed by atoms with van der Waals surface area (Å²) in [5, 5.41) is 0. The largest absolute Gasteiger partial charge is 0.469 e. The van der Waals surface area contributed by atoms with Gasteiger partial charge < -0.3 is 4.74 Å². The molecule has 2 nitrogen and oxygen atoms in total. The number of halogens is 1. The summed E-state index contributed by atoms with van der Waals surface area (Å²) >= 11 is 0. The van der Waals surface area contributed by atoms with Crippen LogP contribution in [0.3, 0.4) is 0 Å². The van der Waals surface area contributed by atoms with E-state index in [2.05, 4.69) is 6.92 Å². The number of rotatable bonds is 9. The molecule has 0 aliphatic rings. The minimum absolute atomic E-state index is 0.231. The van der Waals surface area contributed by atoms with Gasteiger partial charge in [0.15, 0.2) is 0 Å². The molecule has 0 fully saturated rings. The molecule has 0 saturated carbocycles. The summed E-state index contributed by atoms with van der Waals surface area (Å²) < 4.78 is 17.8. The molecule has 1 aromatic carbocycles. The van der Waals surface area contributed by atoms with Gasteiger partial charge in [-0.2, -0.15) is 0 Å². The molecule has 0 aliphatic carbocycles. The van der Waals surface area contributed by atoms with Gasteiger partial charge in [0, 0.05) is 0 Å². The summed E-state index contributed by atoms with van der Waals surface area (Å²) in [5.74, 6) is -0.783. The third kappa shape index (κ3) is 5.72. The fourth-order valence-corrected chi connectivity index (χ4v) is 2.39. The monoisotopic (exact) mass is 280 g/mol. The lowest BCUT2D eigenvalue weighted by molar-refractivity contribution is -0.142. The highest BCUT2D eigenvalue weighted by molar-refractivity contribution is 5.77. The van der Waals surface area contributed by atoms with E-state index in [1.807, 2.05) is 0 Å². The maximum Gasteiger partial charge on any atom is 0.313 e. The molecule has 0 aromatic heterocycles. The maximum atomic E-state index is 12.9. The average Bonchev–Trinajstić information content (AvgIpc) is 2.47. The van der Waals surface area contributed by atoms with Gasteiger partial charge in [0.1, 0.15) is 5.82 Å². The molecule has 3 heteroatoms. The third-order valence-corrected chi connectivity index (χ3v) is 3.60. The Morgan fingerprint density at radius 2 is 1.70 bits per heavy atom. The van der Waals surface area contributed by atoms with Crippen LogP contribution in [0.25, 0.3) is 0 Å². The molecule has 0 spiro atoms. The number of unbranched alkanes of at least 4 members (excludes halogenated alkanes) is 5. The van der Waals surface area contributed by atoms with Gasteiger partial charge in [0.25, 0.3) is 0 Å². The van der Waals surface area contributed by atoms with E-state index in [1.165, 1.54) is 44.9 Å². The summed E-state index contributed by atoms with van der Waals surface area (Å²) in [5.41, 5.74) is 0.840. The molecule has 1 atom stereocenters. The Morgan fingerprint density at radius 3 is 2.30 bits per heavy atom. The van der Waals surface area contributed by atoms with Crippen molar-refractivity contribution in [3.05, 3.63) is 35.6 Å². The van der Waals surface area contributed by atoms with Crippen LogP contribution in [0.4, 0.5) is 4.39 Å². The van der Waals surface area contributed by atoms with Gasteiger partial charge in [-0.25, -0.2) is 4.39 Å². The van der Waals surface area contributed by atoms with E-state index in [4.69, 9.17) is 4.74 Å². The Bertz CT molecular complexity index is 386. The van der Waals surface area contributed by atoms with Crippen LogP contribution in [-0.4, -0.2) is 13.1 Å². The summed E-state index contributed by atoms with van der Waals surface area (Å²) in [6, 6.07) is 6.14. The van der Waals surface area contributed by atoms with Gasteiger partial charge in [0.05, 0.1) is 13.0 Å². The van der Waals surface area contributed by atoms with Crippen LogP contribution in [0.1, 0.15) is 63.4 Å². The topological polar surface area (TPSA) is 26.3 Å². The number of esters is 1. The van der Waals surface area contributed by atoms with Crippen LogP contribution < -0.4 is 0 Å². The standard InChI is InChI=1S/C17H25FO2/c1-3-4-5-6-7-8-9-16(17(19)20-2)14-10-12-15(18)13-11-14/h10-13,16H,3-9H2,1-2H3. The molecule has 0 heterocycles. The molecule has 0 aliphatic heterocycles. The smallest absolute Gasteiger partial charge is 0.313 e. The molecule has 1 rings (SSSR count). The van der Waals surface area contributed by atoms with Crippen molar-refractivity contribution in [3.63, 3.8) is 0 Å². The molecule has 1 unspecified atom stereocenters. The van der Waals surface area contributed by atoms with E-state index in [9.17, 15) is 9.18 Å². The van der Waals surface area contributed by atoms with Crippen LogP contribution in [0, 0.1) is 5.82 Å². The first-order valence-corrected chi connectivity index (χ1v) is 7.52. The van der Waals surface area contributed by atoms with Crippen molar-refractivity contribution in [3.8, 4) is 0 Å². The predicted octanol–water partition coefficient (Wildman–Crippen LogP) is 4.83. The number of benzene rings is 1. The molecular formula is C17H25FO2. The van der Waals surface area contributed by atoms with Crippen LogP contribution in [0.2, 0.25) is 0 Å². The molecule has 0 N–H and O–H groups in total. The highest BCUT2D eigenvalue weighted by atomic mass is 19.1. The Labute approximate surface area is 121 Å². The molecule has 0 saturated heterocycles.